The molecule has 13 heavy (non-hydrogen) atoms. The van der Waals surface area contributed by atoms with Crippen molar-refractivity contribution in [1.82, 2.24) is 4.90 Å². The van der Waals surface area contributed by atoms with Gasteiger partial charge in [-0.15, -0.1) is 0 Å². The second-order valence-corrected chi connectivity index (χ2v) is 2.97. The third-order valence-corrected chi connectivity index (χ3v) is 2.10. The van der Waals surface area contributed by atoms with Crippen LogP contribution in [0.2, 0.25) is 0 Å². The van der Waals surface area contributed by atoms with Crippen LogP contribution in [0.25, 0.3) is 0 Å². The van der Waals surface area contributed by atoms with E-state index in [0.29, 0.717) is 0 Å². The Labute approximate surface area is 82.9 Å². The molecule has 0 aliphatic rings. The summed E-state index contributed by atoms with van der Waals surface area (Å²) >= 11 is 0. The van der Waals surface area contributed by atoms with Crippen molar-refractivity contribution in [2.24, 2.45) is 5.73 Å². The van der Waals surface area contributed by atoms with Crippen LogP contribution >= 0.6 is 0 Å². The maximum atomic E-state index is 8.21. The number of nitrogens with zero attached hydrogens (tertiary/aromatic N) is 1. The summed E-state index contributed by atoms with van der Waals surface area (Å²) in [7, 11) is 0. The highest BCUT2D eigenvalue weighted by molar-refractivity contribution is 4.51. The number of hydrogen-bond donors (Lipinski definition) is 2. The number of aliphatic hydroxyl groups is 1. The highest BCUT2D eigenvalue weighted by atomic mass is 16.3. The smallest absolute Gasteiger partial charge is 0.0582 e. The Bertz CT molecular complexity index is 75.5. The van der Waals surface area contributed by atoms with E-state index < -0.39 is 0 Å². The van der Waals surface area contributed by atoms with Gasteiger partial charge in [-0.1, -0.05) is 27.7 Å². The van der Waals surface area contributed by atoms with Crippen LogP contribution in [0.3, 0.4) is 0 Å². The van der Waals surface area contributed by atoms with Gasteiger partial charge in [-0.2, -0.15) is 0 Å². The van der Waals surface area contributed by atoms with E-state index in [4.69, 9.17) is 10.8 Å². The minimum Gasteiger partial charge on any atom is -0.395 e. The monoisotopic (exact) mass is 190 g/mol. The molecule has 0 spiro atoms. The molecule has 3 nitrogen and oxygen atoms in total. The molecule has 0 amide bonds. The Morgan fingerprint density at radius 2 is 1.46 bits per heavy atom. The molecule has 0 heterocycles. The van der Waals surface area contributed by atoms with Crippen molar-refractivity contribution in [3.63, 3.8) is 0 Å². The molecule has 82 valence electrons. The first kappa shape index (κ1) is 15.4. The minimum absolute atomic E-state index is 0.00926. The van der Waals surface area contributed by atoms with E-state index in [1.54, 1.807) is 0 Å². The topological polar surface area (TPSA) is 49.5 Å². The molecule has 0 aliphatic carbocycles. The molecule has 0 aromatic rings. The van der Waals surface area contributed by atoms with Gasteiger partial charge in [0.25, 0.3) is 0 Å². The largest absolute Gasteiger partial charge is 0.395 e. The average Bonchev–Trinajstić information content (AvgIpc) is 2.20. The predicted molar refractivity (Wildman–Crippen MR) is 58.8 cm³/mol. The van der Waals surface area contributed by atoms with Crippen molar-refractivity contribution in [2.45, 2.75) is 40.2 Å². The van der Waals surface area contributed by atoms with Crippen molar-refractivity contribution in [2.75, 3.05) is 26.2 Å². The molecule has 3 heteroatoms. The van der Waals surface area contributed by atoms with Crippen LogP contribution in [-0.2, 0) is 0 Å². The van der Waals surface area contributed by atoms with Crippen molar-refractivity contribution in [3.8, 4) is 0 Å². The van der Waals surface area contributed by atoms with Crippen LogP contribution in [0.15, 0.2) is 0 Å². The van der Waals surface area contributed by atoms with Crippen LogP contribution < -0.4 is 5.73 Å². The van der Waals surface area contributed by atoms with Crippen molar-refractivity contribution >= 4 is 0 Å². The molecule has 0 aromatic carbocycles. The number of hydrogen-bond acceptors (Lipinski definition) is 3. The summed E-state index contributed by atoms with van der Waals surface area (Å²) in [5.74, 6) is 0. The maximum absolute atomic E-state index is 8.21. The molecule has 3 N–H and O–H groups in total. The Hall–Kier alpha value is -0.120. The number of aliphatic hydroxyl groups excluding tert-OH is 1. The van der Waals surface area contributed by atoms with Gasteiger partial charge in [0.05, 0.1) is 6.61 Å². The van der Waals surface area contributed by atoms with Gasteiger partial charge in [-0.25, -0.2) is 0 Å². The third-order valence-electron chi connectivity index (χ3n) is 2.10. The first-order valence-corrected chi connectivity index (χ1v) is 5.24. The van der Waals surface area contributed by atoms with Gasteiger partial charge in [-0.05, 0) is 26.1 Å². The van der Waals surface area contributed by atoms with Crippen LogP contribution in [0.5, 0.6) is 0 Å². The van der Waals surface area contributed by atoms with E-state index in [1.807, 2.05) is 6.92 Å². The summed E-state index contributed by atoms with van der Waals surface area (Å²) < 4.78 is 0. The molecule has 0 fully saturated rings. The summed E-state index contributed by atoms with van der Waals surface area (Å²) in [4.78, 5) is 2.38. The van der Waals surface area contributed by atoms with E-state index in [0.717, 1.165) is 6.42 Å². The fourth-order valence-electron chi connectivity index (χ4n) is 0.800. The standard InChI is InChI=1S/C6H15N.C4H11NO/c1-4-7(5-2)6-3;1-2-4(5)3-6/h4-6H2,1-3H3;4,6H,2-3,5H2,1H3. The molecule has 0 bridgehead atoms. The van der Waals surface area contributed by atoms with Crippen molar-refractivity contribution in [1.29, 1.82) is 0 Å². The molecule has 0 saturated heterocycles. The molecule has 0 saturated carbocycles. The Morgan fingerprint density at radius 1 is 1.08 bits per heavy atom. The summed E-state index contributed by atoms with van der Waals surface area (Å²) in [5, 5.41) is 8.21. The van der Waals surface area contributed by atoms with Gasteiger partial charge in [0.2, 0.25) is 0 Å². The number of nitrogens with two attached hydrogens (primary N) is 1. The zero-order valence-corrected chi connectivity index (χ0v) is 9.58. The predicted octanol–water partition coefficient (Wildman–Crippen LogP) is 1.06. The van der Waals surface area contributed by atoms with E-state index in [-0.39, 0.29) is 12.6 Å². The molecule has 1 atom stereocenters. The fraction of sp³-hybridized carbons (Fsp3) is 1.00. The molecule has 0 aromatic heterocycles. The second-order valence-electron chi connectivity index (χ2n) is 2.97. The lowest BCUT2D eigenvalue weighted by atomic mass is 10.3. The van der Waals surface area contributed by atoms with Crippen LogP contribution in [0.1, 0.15) is 34.1 Å². The Morgan fingerprint density at radius 3 is 1.46 bits per heavy atom. The zero-order chi connectivity index (χ0) is 10.7. The normalized spacial score (nSPS) is 12.2. The average molecular weight is 190 g/mol. The second kappa shape index (κ2) is 11.9. The van der Waals surface area contributed by atoms with E-state index in [2.05, 4.69) is 25.7 Å². The lowest BCUT2D eigenvalue weighted by Gasteiger charge is -2.13. The van der Waals surface area contributed by atoms with Gasteiger partial charge >= 0.3 is 0 Å². The summed E-state index contributed by atoms with van der Waals surface area (Å²) in [6, 6.07) is -0.00926. The first-order chi connectivity index (χ1) is 6.15. The zero-order valence-electron chi connectivity index (χ0n) is 9.58. The van der Waals surface area contributed by atoms with Crippen LogP contribution in [0, 0.1) is 0 Å². The lowest BCUT2D eigenvalue weighted by molar-refractivity contribution is 0.263. The Balaban J connectivity index is 0. The van der Waals surface area contributed by atoms with Gasteiger partial charge in [-0.3, -0.25) is 0 Å². The van der Waals surface area contributed by atoms with Crippen LogP contribution in [0.4, 0.5) is 0 Å². The molecule has 1 unspecified atom stereocenters. The highest BCUT2D eigenvalue weighted by Crippen LogP contribution is 1.81. The summed E-state index contributed by atoms with van der Waals surface area (Å²) in [5.41, 5.74) is 5.22. The van der Waals surface area contributed by atoms with Gasteiger partial charge in [0, 0.05) is 6.04 Å². The number of rotatable bonds is 5. The molecule has 0 radical (unpaired) electrons. The lowest BCUT2D eigenvalue weighted by Crippen LogP contribution is -2.22. The molecule has 0 aliphatic heterocycles. The fourth-order valence-corrected chi connectivity index (χ4v) is 0.800. The van der Waals surface area contributed by atoms with Gasteiger partial charge in [0.1, 0.15) is 0 Å². The van der Waals surface area contributed by atoms with Gasteiger partial charge in [0.15, 0.2) is 0 Å². The van der Waals surface area contributed by atoms with Crippen LogP contribution in [-0.4, -0.2) is 42.3 Å². The van der Waals surface area contributed by atoms with Crippen molar-refractivity contribution in [3.05, 3.63) is 0 Å². The maximum Gasteiger partial charge on any atom is 0.0582 e. The van der Waals surface area contributed by atoms with Gasteiger partial charge < -0.3 is 15.7 Å². The third kappa shape index (κ3) is 11.9. The minimum atomic E-state index is -0.00926. The highest BCUT2D eigenvalue weighted by Gasteiger charge is 1.90. The molecule has 0 rings (SSSR count). The van der Waals surface area contributed by atoms with Crippen molar-refractivity contribution < 1.29 is 5.11 Å². The summed E-state index contributed by atoms with van der Waals surface area (Å²) in [6.07, 6.45) is 0.858. The first-order valence-electron chi connectivity index (χ1n) is 5.24. The van der Waals surface area contributed by atoms with E-state index >= 15 is 0 Å². The van der Waals surface area contributed by atoms with E-state index in [9.17, 15) is 0 Å². The Kier molecular flexibility index (Phi) is 14.0. The molecular weight excluding hydrogens is 164 g/mol. The quantitative estimate of drug-likeness (QED) is 0.681. The summed E-state index contributed by atoms with van der Waals surface area (Å²) in [6.45, 7) is 12.2. The van der Waals surface area contributed by atoms with E-state index in [1.165, 1.54) is 19.6 Å². The molecular formula is C10H26N2O. The SMILES string of the molecule is CCC(N)CO.CCN(CC)CC.